The van der Waals surface area contributed by atoms with Crippen molar-refractivity contribution in [3.05, 3.63) is 30.2 Å². The zero-order chi connectivity index (χ0) is 17.2. The Hall–Kier alpha value is -2.35. The van der Waals surface area contributed by atoms with E-state index < -0.39 is 0 Å². The molecule has 1 aliphatic heterocycles. The number of anilines is 1. The van der Waals surface area contributed by atoms with Crippen LogP contribution in [0.25, 0.3) is 11.1 Å². The second-order valence-electron chi connectivity index (χ2n) is 7.45. The van der Waals surface area contributed by atoms with E-state index in [1.54, 1.807) is 0 Å². The maximum Gasteiger partial charge on any atom is 0.130 e. The fourth-order valence-corrected chi connectivity index (χ4v) is 4.48. The Morgan fingerprint density at radius 3 is 3.04 bits per heavy atom. The maximum atomic E-state index is 9.03. The molecule has 2 aromatic heterocycles. The molecule has 0 aromatic carbocycles. The number of hydrogen-bond donors (Lipinski definition) is 1. The predicted octanol–water partition coefficient (Wildman–Crippen LogP) is 4.34. The molecule has 0 bridgehead atoms. The number of fused-ring (bicyclic) bond motifs is 1. The van der Waals surface area contributed by atoms with Gasteiger partial charge in [0.25, 0.3) is 0 Å². The third-order valence-electron chi connectivity index (χ3n) is 5.70. The van der Waals surface area contributed by atoms with Gasteiger partial charge in [0, 0.05) is 36.0 Å². The first-order valence-electron chi connectivity index (χ1n) is 9.42. The lowest BCUT2D eigenvalue weighted by molar-refractivity contribution is 0.295. The van der Waals surface area contributed by atoms with E-state index in [9.17, 15) is 0 Å². The van der Waals surface area contributed by atoms with Crippen molar-refractivity contribution in [3.8, 4) is 17.2 Å². The van der Waals surface area contributed by atoms with E-state index >= 15 is 0 Å². The summed E-state index contributed by atoms with van der Waals surface area (Å²) in [4.78, 5) is 4.47. The van der Waals surface area contributed by atoms with Crippen LogP contribution in [0, 0.1) is 17.2 Å². The third kappa shape index (κ3) is 3.13. The Bertz CT molecular complexity index is 782. The van der Waals surface area contributed by atoms with Crippen LogP contribution in [0.5, 0.6) is 0 Å². The average Bonchev–Trinajstić information content (AvgIpc) is 3.35. The van der Waals surface area contributed by atoms with E-state index in [1.165, 1.54) is 36.8 Å². The number of hydrogen-bond acceptors (Lipinski definition) is 4. The molecule has 1 fully saturated rings. The van der Waals surface area contributed by atoms with Crippen molar-refractivity contribution in [1.82, 2.24) is 14.8 Å². The van der Waals surface area contributed by atoms with Gasteiger partial charge in [-0.3, -0.25) is 4.68 Å². The summed E-state index contributed by atoms with van der Waals surface area (Å²) in [5.74, 6) is 1.67. The number of pyridine rings is 1. The molecule has 0 radical (unpaired) electrons. The summed E-state index contributed by atoms with van der Waals surface area (Å²) in [5.41, 5.74) is 3.69. The second kappa shape index (κ2) is 6.87. The number of rotatable bonds is 5. The largest absolute Gasteiger partial charge is 0.367 e. The van der Waals surface area contributed by atoms with Crippen molar-refractivity contribution in [3.63, 3.8) is 0 Å². The van der Waals surface area contributed by atoms with Gasteiger partial charge in [-0.05, 0) is 50.2 Å². The van der Waals surface area contributed by atoms with E-state index in [0.717, 1.165) is 24.2 Å². The summed E-state index contributed by atoms with van der Waals surface area (Å²) in [6.45, 7) is 2.19. The quantitative estimate of drug-likeness (QED) is 0.883. The van der Waals surface area contributed by atoms with Crippen LogP contribution >= 0.6 is 0 Å². The first kappa shape index (κ1) is 16.1. The van der Waals surface area contributed by atoms with Gasteiger partial charge < -0.3 is 5.32 Å². The summed E-state index contributed by atoms with van der Waals surface area (Å²) < 4.78 is 2.13. The van der Waals surface area contributed by atoms with Crippen molar-refractivity contribution in [2.45, 2.75) is 64.0 Å². The number of nitrogens with one attached hydrogen (secondary N) is 1. The fraction of sp³-hybridized carbons (Fsp3) is 0.550. The van der Waals surface area contributed by atoms with Gasteiger partial charge in [-0.2, -0.15) is 10.4 Å². The smallest absolute Gasteiger partial charge is 0.130 e. The van der Waals surface area contributed by atoms with E-state index in [2.05, 4.69) is 40.2 Å². The van der Waals surface area contributed by atoms with Crippen LogP contribution in [0.1, 0.15) is 57.1 Å². The van der Waals surface area contributed by atoms with E-state index in [1.807, 2.05) is 12.4 Å². The molecule has 4 rings (SSSR count). The van der Waals surface area contributed by atoms with Crippen LogP contribution in [-0.4, -0.2) is 20.8 Å². The molecule has 0 amide bonds. The molecular formula is C20H25N5. The average molecular weight is 335 g/mol. The minimum Gasteiger partial charge on any atom is -0.367 e. The zero-order valence-electron chi connectivity index (χ0n) is 14.8. The molecule has 3 heterocycles. The van der Waals surface area contributed by atoms with Crippen LogP contribution in [0.4, 0.5) is 5.82 Å². The lowest BCUT2D eigenvalue weighted by Crippen LogP contribution is -2.18. The molecule has 2 aliphatic rings. The standard InChI is InChI=1S/C20H25N5/c1-14-11-18-17(8-10-22-20(18)24-14)16-12-23-25(13-16)19(7-4-9-21)15-5-2-3-6-15/h8,10,12-15,19H,2-7,11H2,1H3,(H,22,24). The van der Waals surface area contributed by atoms with Gasteiger partial charge in [-0.1, -0.05) is 12.8 Å². The monoisotopic (exact) mass is 335 g/mol. The van der Waals surface area contributed by atoms with Crippen LogP contribution in [0.2, 0.25) is 0 Å². The van der Waals surface area contributed by atoms with E-state index in [0.29, 0.717) is 24.4 Å². The molecule has 1 aliphatic carbocycles. The number of nitrogens with zero attached hydrogens (tertiary/aromatic N) is 4. The molecule has 2 atom stereocenters. The van der Waals surface area contributed by atoms with E-state index in [-0.39, 0.29) is 0 Å². The van der Waals surface area contributed by atoms with Gasteiger partial charge >= 0.3 is 0 Å². The van der Waals surface area contributed by atoms with Gasteiger partial charge in [0.05, 0.1) is 18.3 Å². The molecule has 2 aromatic rings. The van der Waals surface area contributed by atoms with Crippen molar-refractivity contribution in [2.24, 2.45) is 5.92 Å². The molecule has 0 spiro atoms. The number of nitriles is 1. The normalized spacial score (nSPS) is 20.9. The van der Waals surface area contributed by atoms with Crippen LogP contribution in [0.3, 0.4) is 0 Å². The van der Waals surface area contributed by atoms with Gasteiger partial charge in [-0.15, -0.1) is 0 Å². The molecule has 5 heteroatoms. The summed E-state index contributed by atoms with van der Waals surface area (Å²) in [7, 11) is 0. The molecule has 0 saturated heterocycles. The topological polar surface area (TPSA) is 66.5 Å². The lowest BCUT2D eigenvalue weighted by Gasteiger charge is -2.23. The highest BCUT2D eigenvalue weighted by molar-refractivity contribution is 5.73. The zero-order valence-corrected chi connectivity index (χ0v) is 14.8. The minimum absolute atomic E-state index is 0.350. The lowest BCUT2D eigenvalue weighted by atomic mass is 9.94. The number of aromatic nitrogens is 3. The Kier molecular flexibility index (Phi) is 4.44. The van der Waals surface area contributed by atoms with Crippen LogP contribution in [-0.2, 0) is 6.42 Å². The summed E-state index contributed by atoms with van der Waals surface area (Å²) in [6, 6.07) is 5.19. The summed E-state index contributed by atoms with van der Waals surface area (Å²) >= 11 is 0. The maximum absolute atomic E-state index is 9.03. The molecule has 2 unspecified atom stereocenters. The fourth-order valence-electron chi connectivity index (χ4n) is 4.48. The van der Waals surface area contributed by atoms with Gasteiger partial charge in [0.1, 0.15) is 5.82 Å². The van der Waals surface area contributed by atoms with Gasteiger partial charge in [-0.25, -0.2) is 4.98 Å². The minimum atomic E-state index is 0.350. The highest BCUT2D eigenvalue weighted by Gasteiger charge is 2.27. The second-order valence-corrected chi connectivity index (χ2v) is 7.45. The SMILES string of the molecule is CC1Cc2c(-c3cnn(C(CCC#N)C4CCCC4)c3)ccnc2N1. The Morgan fingerprint density at radius 2 is 2.24 bits per heavy atom. The molecule has 25 heavy (non-hydrogen) atoms. The highest BCUT2D eigenvalue weighted by atomic mass is 15.3. The third-order valence-corrected chi connectivity index (χ3v) is 5.70. The van der Waals surface area contributed by atoms with Crippen molar-refractivity contribution < 1.29 is 0 Å². The summed E-state index contributed by atoms with van der Waals surface area (Å²) in [6.07, 6.45) is 13.7. The molecule has 1 saturated carbocycles. The van der Waals surface area contributed by atoms with Gasteiger partial charge in [0.2, 0.25) is 0 Å². The molecule has 5 nitrogen and oxygen atoms in total. The predicted molar refractivity (Wildman–Crippen MR) is 98.1 cm³/mol. The van der Waals surface area contributed by atoms with Crippen molar-refractivity contribution >= 4 is 5.82 Å². The Morgan fingerprint density at radius 1 is 1.40 bits per heavy atom. The first-order chi connectivity index (χ1) is 12.3. The molecule has 1 N–H and O–H groups in total. The summed E-state index contributed by atoms with van der Waals surface area (Å²) in [5, 5.41) is 17.2. The van der Waals surface area contributed by atoms with Crippen LogP contribution in [0.15, 0.2) is 24.7 Å². The van der Waals surface area contributed by atoms with Crippen molar-refractivity contribution in [1.29, 1.82) is 5.26 Å². The first-order valence-corrected chi connectivity index (χ1v) is 9.42. The Balaban J connectivity index is 1.63. The van der Waals surface area contributed by atoms with E-state index in [4.69, 9.17) is 10.4 Å². The van der Waals surface area contributed by atoms with Gasteiger partial charge in [0.15, 0.2) is 0 Å². The highest BCUT2D eigenvalue weighted by Crippen LogP contribution is 2.38. The molecular weight excluding hydrogens is 310 g/mol. The van der Waals surface area contributed by atoms with Crippen molar-refractivity contribution in [2.75, 3.05) is 5.32 Å². The van der Waals surface area contributed by atoms with Crippen LogP contribution < -0.4 is 5.32 Å². The Labute approximate surface area is 149 Å². The molecule has 130 valence electrons.